The van der Waals surface area contributed by atoms with E-state index in [0.717, 1.165) is 22.3 Å². The van der Waals surface area contributed by atoms with Crippen LogP contribution in [-0.4, -0.2) is 25.1 Å². The fraction of sp³-hybridized carbons (Fsp3) is 0.316. The molecule has 0 aromatic heterocycles. The average molecular weight is 328 g/mol. The second-order valence-corrected chi connectivity index (χ2v) is 5.95. The topological polar surface area (TPSA) is 64.3 Å². The molecule has 3 rings (SSSR count). The Morgan fingerprint density at radius 1 is 1.33 bits per heavy atom. The molecule has 2 aromatic rings. The third-order valence-electron chi connectivity index (χ3n) is 4.13. The van der Waals surface area contributed by atoms with E-state index in [1.165, 1.54) is 12.1 Å². The zero-order valence-electron chi connectivity index (χ0n) is 13.6. The summed E-state index contributed by atoms with van der Waals surface area (Å²) in [6, 6.07) is 10.6. The molecule has 0 saturated carbocycles. The fourth-order valence-electron chi connectivity index (χ4n) is 2.99. The smallest absolute Gasteiger partial charge is 0.224 e. The number of carbonyl (C=O) groups excluding carboxylic acids is 1. The molecule has 0 bridgehead atoms. The summed E-state index contributed by atoms with van der Waals surface area (Å²) in [5, 5.41) is 2.77. The number of amides is 1. The van der Waals surface area contributed by atoms with Gasteiger partial charge in [-0.1, -0.05) is 24.3 Å². The molecular formula is C19H21FN2O2. The minimum absolute atomic E-state index is 0.00832. The molecule has 0 radical (unpaired) electrons. The molecule has 126 valence electrons. The monoisotopic (exact) mass is 328 g/mol. The molecule has 1 atom stereocenters. The lowest BCUT2D eigenvalue weighted by molar-refractivity contribution is -0.120. The summed E-state index contributed by atoms with van der Waals surface area (Å²) in [7, 11) is 0. The predicted molar refractivity (Wildman–Crippen MR) is 91.4 cm³/mol. The van der Waals surface area contributed by atoms with Crippen molar-refractivity contribution in [3.8, 4) is 16.9 Å². The third kappa shape index (κ3) is 3.41. The molecule has 0 unspecified atom stereocenters. The van der Waals surface area contributed by atoms with Crippen molar-refractivity contribution in [3.05, 3.63) is 53.3 Å². The summed E-state index contributed by atoms with van der Waals surface area (Å²) < 4.78 is 19.8. The van der Waals surface area contributed by atoms with Crippen molar-refractivity contribution in [3.63, 3.8) is 0 Å². The highest BCUT2D eigenvalue weighted by molar-refractivity contribution is 5.79. The van der Waals surface area contributed by atoms with Crippen molar-refractivity contribution in [2.24, 2.45) is 5.73 Å². The standard InChI is InChI=1S/C19H21FN2O2/c1-2-22-18(23)7-12-3-5-13(6-4-12)17-10-15(20)8-14-9-16(11-21)24-19(14)17/h3-6,8,10,16H,2,7,9,11,21H2,1H3,(H,22,23)/t16-/m1/s1. The molecule has 1 aliphatic heterocycles. The van der Waals surface area contributed by atoms with Gasteiger partial charge in [-0.2, -0.15) is 0 Å². The van der Waals surface area contributed by atoms with E-state index in [9.17, 15) is 9.18 Å². The number of halogens is 1. The van der Waals surface area contributed by atoms with Crippen molar-refractivity contribution in [1.82, 2.24) is 5.32 Å². The van der Waals surface area contributed by atoms with E-state index in [0.29, 0.717) is 31.7 Å². The second kappa shape index (κ2) is 7.01. The summed E-state index contributed by atoms with van der Waals surface area (Å²) in [6.07, 6.45) is 0.866. The Labute approximate surface area is 140 Å². The van der Waals surface area contributed by atoms with Gasteiger partial charge < -0.3 is 15.8 Å². The van der Waals surface area contributed by atoms with Crippen LogP contribution in [0, 0.1) is 5.82 Å². The number of benzene rings is 2. The van der Waals surface area contributed by atoms with Gasteiger partial charge in [0.25, 0.3) is 0 Å². The van der Waals surface area contributed by atoms with Crippen molar-refractivity contribution in [2.75, 3.05) is 13.1 Å². The highest BCUT2D eigenvalue weighted by Crippen LogP contribution is 2.39. The van der Waals surface area contributed by atoms with Gasteiger partial charge in [-0.15, -0.1) is 0 Å². The van der Waals surface area contributed by atoms with Gasteiger partial charge in [-0.3, -0.25) is 4.79 Å². The molecular weight excluding hydrogens is 307 g/mol. The summed E-state index contributed by atoms with van der Waals surface area (Å²) in [5.74, 6) is 0.422. The molecule has 2 aromatic carbocycles. The fourth-order valence-corrected chi connectivity index (χ4v) is 2.99. The largest absolute Gasteiger partial charge is 0.488 e. The number of rotatable bonds is 5. The van der Waals surface area contributed by atoms with E-state index in [4.69, 9.17) is 10.5 Å². The lowest BCUT2D eigenvalue weighted by Gasteiger charge is -2.12. The zero-order chi connectivity index (χ0) is 17.1. The van der Waals surface area contributed by atoms with Crippen LogP contribution in [0.15, 0.2) is 36.4 Å². The first-order valence-electron chi connectivity index (χ1n) is 8.16. The van der Waals surface area contributed by atoms with Gasteiger partial charge in [0, 0.05) is 30.6 Å². The minimum Gasteiger partial charge on any atom is -0.488 e. The Balaban J connectivity index is 1.87. The average Bonchev–Trinajstić information content (AvgIpc) is 2.98. The second-order valence-electron chi connectivity index (χ2n) is 5.95. The normalized spacial score (nSPS) is 15.7. The lowest BCUT2D eigenvalue weighted by atomic mass is 9.98. The Morgan fingerprint density at radius 3 is 2.75 bits per heavy atom. The number of nitrogens with two attached hydrogens (primary N) is 1. The molecule has 1 amide bonds. The molecule has 0 spiro atoms. The van der Waals surface area contributed by atoms with Crippen LogP contribution in [0.4, 0.5) is 4.39 Å². The van der Waals surface area contributed by atoms with Gasteiger partial charge in [-0.05, 0) is 30.2 Å². The molecule has 0 saturated heterocycles. The van der Waals surface area contributed by atoms with Gasteiger partial charge in [0.2, 0.25) is 5.91 Å². The Morgan fingerprint density at radius 2 is 2.08 bits per heavy atom. The van der Waals surface area contributed by atoms with Gasteiger partial charge in [0.1, 0.15) is 17.7 Å². The maximum atomic E-state index is 13.9. The third-order valence-corrected chi connectivity index (χ3v) is 4.13. The van der Waals surface area contributed by atoms with E-state index in [1.807, 2.05) is 31.2 Å². The first-order chi connectivity index (χ1) is 11.6. The predicted octanol–water partition coefficient (Wildman–Crippen LogP) is 2.43. The number of carbonyl (C=O) groups is 1. The highest BCUT2D eigenvalue weighted by atomic mass is 19.1. The van der Waals surface area contributed by atoms with Gasteiger partial charge >= 0.3 is 0 Å². The van der Waals surface area contributed by atoms with Crippen LogP contribution in [0.2, 0.25) is 0 Å². The number of fused-ring (bicyclic) bond motifs is 1. The van der Waals surface area contributed by atoms with Crippen LogP contribution in [0.3, 0.4) is 0 Å². The van der Waals surface area contributed by atoms with E-state index >= 15 is 0 Å². The SMILES string of the molecule is CCNC(=O)Cc1ccc(-c2cc(F)cc3c2O[C@@H](CN)C3)cc1. The summed E-state index contributed by atoms with van der Waals surface area (Å²) in [6.45, 7) is 2.91. The number of hydrogen-bond donors (Lipinski definition) is 2. The van der Waals surface area contributed by atoms with E-state index < -0.39 is 0 Å². The number of hydrogen-bond acceptors (Lipinski definition) is 3. The van der Waals surface area contributed by atoms with Crippen LogP contribution >= 0.6 is 0 Å². The van der Waals surface area contributed by atoms with Crippen LogP contribution in [0.25, 0.3) is 11.1 Å². The van der Waals surface area contributed by atoms with E-state index in [2.05, 4.69) is 5.32 Å². The molecule has 0 fully saturated rings. The summed E-state index contributed by atoms with van der Waals surface area (Å²) >= 11 is 0. The lowest BCUT2D eigenvalue weighted by Crippen LogP contribution is -2.24. The quantitative estimate of drug-likeness (QED) is 0.886. The number of nitrogens with one attached hydrogen (secondary N) is 1. The van der Waals surface area contributed by atoms with Gasteiger partial charge in [0.15, 0.2) is 0 Å². The van der Waals surface area contributed by atoms with Gasteiger partial charge in [-0.25, -0.2) is 4.39 Å². The Hall–Kier alpha value is -2.40. The molecule has 3 N–H and O–H groups in total. The Kier molecular flexibility index (Phi) is 4.81. The molecule has 0 aliphatic carbocycles. The first-order valence-corrected chi connectivity index (χ1v) is 8.16. The molecule has 4 nitrogen and oxygen atoms in total. The van der Waals surface area contributed by atoms with E-state index in [-0.39, 0.29) is 17.8 Å². The molecule has 24 heavy (non-hydrogen) atoms. The summed E-state index contributed by atoms with van der Waals surface area (Å²) in [5.41, 5.74) is 9.03. The molecule has 5 heteroatoms. The van der Waals surface area contributed by atoms with Crippen LogP contribution in [0.1, 0.15) is 18.1 Å². The van der Waals surface area contributed by atoms with Crippen molar-refractivity contribution in [1.29, 1.82) is 0 Å². The van der Waals surface area contributed by atoms with E-state index in [1.54, 1.807) is 0 Å². The maximum absolute atomic E-state index is 13.9. The van der Waals surface area contributed by atoms with Crippen LogP contribution < -0.4 is 15.8 Å². The molecule has 1 aliphatic rings. The van der Waals surface area contributed by atoms with Gasteiger partial charge in [0.05, 0.1) is 6.42 Å². The number of ether oxygens (including phenoxy) is 1. The van der Waals surface area contributed by atoms with Crippen molar-refractivity contribution >= 4 is 5.91 Å². The van der Waals surface area contributed by atoms with Crippen molar-refractivity contribution in [2.45, 2.75) is 25.9 Å². The number of likely N-dealkylation sites (N-methyl/N-ethyl adjacent to an activating group) is 1. The van der Waals surface area contributed by atoms with Crippen LogP contribution in [0.5, 0.6) is 5.75 Å². The maximum Gasteiger partial charge on any atom is 0.224 e. The first kappa shape index (κ1) is 16.5. The highest BCUT2D eigenvalue weighted by Gasteiger charge is 2.26. The minimum atomic E-state index is -0.281. The van der Waals surface area contributed by atoms with Crippen LogP contribution in [-0.2, 0) is 17.6 Å². The zero-order valence-corrected chi connectivity index (χ0v) is 13.6. The summed E-state index contributed by atoms with van der Waals surface area (Å²) in [4.78, 5) is 11.6. The van der Waals surface area contributed by atoms with Crippen molar-refractivity contribution < 1.29 is 13.9 Å². The molecule has 1 heterocycles. The Bertz CT molecular complexity index is 744.